The lowest BCUT2D eigenvalue weighted by Gasteiger charge is -2.18. The third-order valence-corrected chi connectivity index (χ3v) is 5.50. The molecule has 1 aromatic rings. The standard InChI is InChI=1S/C14H22BrNO2S/c1-10-8-12(9-11(2)14(10)15)13(16-3)6-5-7-19(4,17)18/h8-9,13,16H,5-7H2,1-4H3. The highest BCUT2D eigenvalue weighted by Gasteiger charge is 2.13. The molecule has 1 unspecified atom stereocenters. The first-order chi connectivity index (χ1) is 8.74. The Kier molecular flexibility index (Phi) is 6.02. The van der Waals surface area contributed by atoms with Crippen molar-refractivity contribution in [1.82, 2.24) is 5.32 Å². The van der Waals surface area contributed by atoms with E-state index in [4.69, 9.17) is 0 Å². The topological polar surface area (TPSA) is 46.2 Å². The van der Waals surface area contributed by atoms with Crippen LogP contribution in [0.25, 0.3) is 0 Å². The molecule has 0 aliphatic rings. The molecule has 1 aromatic carbocycles. The number of nitrogens with one attached hydrogen (secondary N) is 1. The molecule has 1 N–H and O–H groups in total. The van der Waals surface area contributed by atoms with Gasteiger partial charge in [-0.05, 0) is 50.4 Å². The lowest BCUT2D eigenvalue weighted by Crippen LogP contribution is -2.18. The molecule has 0 bridgehead atoms. The summed E-state index contributed by atoms with van der Waals surface area (Å²) in [6, 6.07) is 4.50. The Labute approximate surface area is 124 Å². The minimum absolute atomic E-state index is 0.201. The molecule has 0 amide bonds. The van der Waals surface area contributed by atoms with E-state index < -0.39 is 9.84 Å². The number of aryl methyl sites for hydroxylation is 2. The van der Waals surface area contributed by atoms with Gasteiger partial charge in [0.15, 0.2) is 0 Å². The summed E-state index contributed by atoms with van der Waals surface area (Å²) >= 11 is 3.56. The Morgan fingerprint density at radius 3 is 2.21 bits per heavy atom. The minimum atomic E-state index is -2.87. The van der Waals surface area contributed by atoms with Crippen LogP contribution >= 0.6 is 15.9 Å². The average molecular weight is 348 g/mol. The minimum Gasteiger partial charge on any atom is -0.313 e. The quantitative estimate of drug-likeness (QED) is 0.859. The highest BCUT2D eigenvalue weighted by Crippen LogP contribution is 2.27. The predicted octanol–water partition coefficient (Wildman–Crippen LogP) is 3.15. The van der Waals surface area contributed by atoms with Crippen LogP contribution in [-0.2, 0) is 9.84 Å². The number of halogens is 1. The van der Waals surface area contributed by atoms with E-state index in [1.54, 1.807) is 0 Å². The van der Waals surface area contributed by atoms with Gasteiger partial charge in [-0.15, -0.1) is 0 Å². The van der Waals surface area contributed by atoms with E-state index in [0.717, 1.165) is 10.9 Å². The van der Waals surface area contributed by atoms with Crippen molar-refractivity contribution in [2.24, 2.45) is 0 Å². The lowest BCUT2D eigenvalue weighted by atomic mass is 9.98. The van der Waals surface area contributed by atoms with E-state index in [0.29, 0.717) is 6.42 Å². The zero-order valence-electron chi connectivity index (χ0n) is 12.0. The van der Waals surface area contributed by atoms with Crippen LogP contribution < -0.4 is 5.32 Å². The monoisotopic (exact) mass is 347 g/mol. The summed E-state index contributed by atoms with van der Waals surface area (Å²) in [5.41, 5.74) is 3.63. The molecule has 0 aliphatic heterocycles. The van der Waals surface area contributed by atoms with Gasteiger partial charge < -0.3 is 5.32 Å². The fourth-order valence-corrected chi connectivity index (χ4v) is 3.13. The van der Waals surface area contributed by atoms with Crippen molar-refractivity contribution in [1.29, 1.82) is 0 Å². The Morgan fingerprint density at radius 1 is 1.26 bits per heavy atom. The average Bonchev–Trinajstić information content (AvgIpc) is 2.29. The summed E-state index contributed by atoms with van der Waals surface area (Å²) in [6.45, 7) is 4.15. The van der Waals surface area contributed by atoms with Gasteiger partial charge >= 0.3 is 0 Å². The van der Waals surface area contributed by atoms with E-state index in [1.807, 2.05) is 7.05 Å². The summed E-state index contributed by atoms with van der Waals surface area (Å²) in [5.74, 6) is 0.250. The largest absolute Gasteiger partial charge is 0.313 e. The Balaban J connectivity index is 2.80. The van der Waals surface area contributed by atoms with Gasteiger partial charge in [0.1, 0.15) is 9.84 Å². The second kappa shape index (κ2) is 6.86. The second-order valence-corrected chi connectivity index (χ2v) is 8.13. The molecule has 3 nitrogen and oxygen atoms in total. The molecule has 19 heavy (non-hydrogen) atoms. The van der Waals surface area contributed by atoms with Gasteiger partial charge in [-0.1, -0.05) is 28.1 Å². The first-order valence-electron chi connectivity index (χ1n) is 6.36. The second-order valence-electron chi connectivity index (χ2n) is 5.08. The maximum absolute atomic E-state index is 11.2. The van der Waals surface area contributed by atoms with Crippen LogP contribution in [0.3, 0.4) is 0 Å². The summed E-state index contributed by atoms with van der Waals surface area (Å²) in [4.78, 5) is 0. The Morgan fingerprint density at radius 2 is 1.79 bits per heavy atom. The van der Waals surface area contributed by atoms with E-state index in [2.05, 4.69) is 47.2 Å². The zero-order valence-corrected chi connectivity index (χ0v) is 14.4. The smallest absolute Gasteiger partial charge is 0.147 e. The van der Waals surface area contributed by atoms with Gasteiger partial charge in [-0.25, -0.2) is 8.42 Å². The molecule has 1 rings (SSSR count). The van der Waals surface area contributed by atoms with Crippen molar-refractivity contribution in [3.8, 4) is 0 Å². The zero-order chi connectivity index (χ0) is 14.6. The molecule has 0 aliphatic carbocycles. The van der Waals surface area contributed by atoms with Crippen molar-refractivity contribution < 1.29 is 8.42 Å². The summed E-state index contributed by atoms with van der Waals surface area (Å²) in [7, 11) is -0.954. The Bertz CT molecular complexity index is 517. The summed E-state index contributed by atoms with van der Waals surface area (Å²) in [6.07, 6.45) is 2.79. The van der Waals surface area contributed by atoms with Crippen molar-refractivity contribution >= 4 is 25.8 Å². The maximum Gasteiger partial charge on any atom is 0.147 e. The van der Waals surface area contributed by atoms with Crippen LogP contribution in [0.2, 0.25) is 0 Å². The molecule has 0 saturated carbocycles. The van der Waals surface area contributed by atoms with Gasteiger partial charge in [0.25, 0.3) is 0 Å². The molecule has 5 heteroatoms. The van der Waals surface area contributed by atoms with Gasteiger partial charge in [0, 0.05) is 22.5 Å². The van der Waals surface area contributed by atoms with Crippen molar-refractivity contribution in [2.45, 2.75) is 32.7 Å². The predicted molar refractivity (Wildman–Crippen MR) is 84.4 cm³/mol. The van der Waals surface area contributed by atoms with Crippen molar-refractivity contribution in [3.63, 3.8) is 0 Å². The number of sulfone groups is 1. The first kappa shape index (κ1) is 16.7. The van der Waals surface area contributed by atoms with Crippen molar-refractivity contribution in [2.75, 3.05) is 19.1 Å². The van der Waals surface area contributed by atoms with E-state index >= 15 is 0 Å². The van der Waals surface area contributed by atoms with Gasteiger partial charge in [-0.2, -0.15) is 0 Å². The third-order valence-electron chi connectivity index (χ3n) is 3.22. The molecule has 0 saturated heterocycles. The van der Waals surface area contributed by atoms with E-state index in [-0.39, 0.29) is 11.8 Å². The first-order valence-corrected chi connectivity index (χ1v) is 9.21. The highest BCUT2D eigenvalue weighted by atomic mass is 79.9. The van der Waals surface area contributed by atoms with E-state index in [9.17, 15) is 8.42 Å². The fraction of sp³-hybridized carbons (Fsp3) is 0.571. The molecule has 108 valence electrons. The fourth-order valence-electron chi connectivity index (χ4n) is 2.21. The number of rotatable bonds is 6. The number of benzene rings is 1. The van der Waals surface area contributed by atoms with Gasteiger partial charge in [0.05, 0.1) is 0 Å². The third kappa shape index (κ3) is 5.24. The summed E-state index contributed by atoms with van der Waals surface area (Å²) < 4.78 is 23.5. The number of hydrogen-bond acceptors (Lipinski definition) is 3. The SMILES string of the molecule is CNC(CCCS(C)(=O)=O)c1cc(C)c(Br)c(C)c1. The van der Waals surface area contributed by atoms with Crippen LogP contribution in [0, 0.1) is 13.8 Å². The van der Waals surface area contributed by atoms with Crippen LogP contribution in [0.4, 0.5) is 0 Å². The highest BCUT2D eigenvalue weighted by molar-refractivity contribution is 9.10. The molecular weight excluding hydrogens is 326 g/mol. The summed E-state index contributed by atoms with van der Waals surface area (Å²) in [5, 5.41) is 3.27. The van der Waals surface area contributed by atoms with Crippen LogP contribution in [0.5, 0.6) is 0 Å². The lowest BCUT2D eigenvalue weighted by molar-refractivity contribution is 0.535. The molecule has 0 fully saturated rings. The molecular formula is C14H22BrNO2S. The van der Waals surface area contributed by atoms with Crippen LogP contribution in [-0.4, -0.2) is 27.5 Å². The molecule has 0 radical (unpaired) electrons. The maximum atomic E-state index is 11.2. The molecule has 0 aromatic heterocycles. The van der Waals surface area contributed by atoms with E-state index in [1.165, 1.54) is 22.9 Å². The normalized spacial score (nSPS) is 13.5. The van der Waals surface area contributed by atoms with Gasteiger partial charge in [-0.3, -0.25) is 0 Å². The number of hydrogen-bond donors (Lipinski definition) is 1. The Hall–Kier alpha value is -0.390. The molecule has 0 spiro atoms. The van der Waals surface area contributed by atoms with Crippen LogP contribution in [0.15, 0.2) is 16.6 Å². The molecule has 1 atom stereocenters. The van der Waals surface area contributed by atoms with Crippen LogP contribution in [0.1, 0.15) is 35.6 Å². The molecule has 0 heterocycles. The van der Waals surface area contributed by atoms with Gasteiger partial charge in [0.2, 0.25) is 0 Å². The van der Waals surface area contributed by atoms with Crippen molar-refractivity contribution in [3.05, 3.63) is 33.3 Å².